The Morgan fingerprint density at radius 2 is 1.71 bits per heavy atom. The lowest BCUT2D eigenvalue weighted by Gasteiger charge is -2.07. The first-order valence-electron chi connectivity index (χ1n) is 7.59. The minimum Gasteiger partial charge on any atom is -0.508 e. The molecule has 0 amide bonds. The second kappa shape index (κ2) is 5.94. The molecule has 0 unspecified atom stereocenters. The summed E-state index contributed by atoms with van der Waals surface area (Å²) >= 11 is 1.66. The molecule has 4 aromatic rings. The van der Waals surface area contributed by atoms with Gasteiger partial charge in [0.05, 0.1) is 5.39 Å². The van der Waals surface area contributed by atoms with Gasteiger partial charge in [0.25, 0.3) is 0 Å². The van der Waals surface area contributed by atoms with Crippen molar-refractivity contribution < 1.29 is 5.11 Å². The zero-order valence-corrected chi connectivity index (χ0v) is 13.8. The van der Waals surface area contributed by atoms with Gasteiger partial charge in [-0.25, -0.2) is 9.97 Å². The highest BCUT2D eigenvalue weighted by Gasteiger charge is 2.12. The number of aromatic hydroxyl groups is 1. The van der Waals surface area contributed by atoms with E-state index in [0.717, 1.165) is 27.5 Å². The smallest absolute Gasteiger partial charge is 0.142 e. The van der Waals surface area contributed by atoms with Crippen molar-refractivity contribution in [2.45, 2.75) is 6.92 Å². The Labute approximate surface area is 143 Å². The van der Waals surface area contributed by atoms with Crippen LogP contribution in [0, 0.1) is 6.92 Å². The fourth-order valence-electron chi connectivity index (χ4n) is 2.55. The van der Waals surface area contributed by atoms with E-state index in [1.165, 1.54) is 10.4 Å². The Hall–Kier alpha value is -2.92. The van der Waals surface area contributed by atoms with Crippen molar-refractivity contribution in [2.24, 2.45) is 0 Å². The van der Waals surface area contributed by atoms with Crippen LogP contribution >= 0.6 is 11.3 Å². The van der Waals surface area contributed by atoms with Crippen LogP contribution in [0.1, 0.15) is 5.82 Å². The molecule has 0 saturated carbocycles. The number of phenolic OH excluding ortho intramolecular Hbond substituents is 1. The molecule has 0 aliphatic rings. The fourth-order valence-corrected chi connectivity index (χ4v) is 3.63. The summed E-state index contributed by atoms with van der Waals surface area (Å²) < 4.78 is 0. The number of nitrogens with one attached hydrogen (secondary N) is 1. The molecule has 24 heavy (non-hydrogen) atoms. The van der Waals surface area contributed by atoms with Crippen LogP contribution < -0.4 is 5.32 Å². The van der Waals surface area contributed by atoms with Gasteiger partial charge in [-0.2, -0.15) is 0 Å². The number of hydrogen-bond donors (Lipinski definition) is 2. The summed E-state index contributed by atoms with van der Waals surface area (Å²) in [6.07, 6.45) is 0. The highest BCUT2D eigenvalue weighted by molar-refractivity contribution is 7.21. The van der Waals surface area contributed by atoms with E-state index in [4.69, 9.17) is 0 Å². The van der Waals surface area contributed by atoms with Crippen LogP contribution in [-0.4, -0.2) is 15.1 Å². The van der Waals surface area contributed by atoms with Gasteiger partial charge in [-0.1, -0.05) is 30.3 Å². The number of hydrogen-bond acceptors (Lipinski definition) is 5. The van der Waals surface area contributed by atoms with E-state index < -0.39 is 0 Å². The molecule has 0 aliphatic carbocycles. The molecule has 2 aromatic carbocycles. The number of phenols is 1. The Kier molecular flexibility index (Phi) is 3.63. The van der Waals surface area contributed by atoms with E-state index in [-0.39, 0.29) is 5.75 Å². The van der Waals surface area contributed by atoms with Crippen molar-refractivity contribution in [1.29, 1.82) is 0 Å². The predicted molar refractivity (Wildman–Crippen MR) is 99.0 cm³/mol. The largest absolute Gasteiger partial charge is 0.508 e. The van der Waals surface area contributed by atoms with Gasteiger partial charge in [-0.05, 0) is 42.8 Å². The second-order valence-electron chi connectivity index (χ2n) is 5.49. The number of aromatic nitrogens is 2. The van der Waals surface area contributed by atoms with E-state index in [2.05, 4.69) is 33.5 Å². The third-order valence-electron chi connectivity index (χ3n) is 3.69. The van der Waals surface area contributed by atoms with Crippen molar-refractivity contribution >= 4 is 33.1 Å². The quantitative estimate of drug-likeness (QED) is 0.511. The molecule has 0 atom stereocenters. The topological polar surface area (TPSA) is 58.0 Å². The van der Waals surface area contributed by atoms with Gasteiger partial charge in [0.15, 0.2) is 0 Å². The van der Waals surface area contributed by atoms with Crippen molar-refractivity contribution in [2.75, 3.05) is 5.32 Å². The van der Waals surface area contributed by atoms with E-state index in [9.17, 15) is 5.11 Å². The SMILES string of the molecule is Cc1nc(Nc2ccc(O)cc2)c2cc(-c3ccccc3)sc2n1. The third-order valence-corrected chi connectivity index (χ3v) is 4.77. The number of anilines is 2. The molecular weight excluding hydrogens is 318 g/mol. The van der Waals surface area contributed by atoms with Gasteiger partial charge < -0.3 is 10.4 Å². The maximum Gasteiger partial charge on any atom is 0.142 e. The van der Waals surface area contributed by atoms with Crippen molar-refractivity contribution in [1.82, 2.24) is 9.97 Å². The zero-order chi connectivity index (χ0) is 16.5. The monoisotopic (exact) mass is 333 g/mol. The molecule has 118 valence electrons. The van der Waals surface area contributed by atoms with Crippen LogP contribution in [-0.2, 0) is 0 Å². The van der Waals surface area contributed by atoms with Crippen molar-refractivity contribution in [3.63, 3.8) is 0 Å². The summed E-state index contributed by atoms with van der Waals surface area (Å²) in [4.78, 5) is 11.2. The zero-order valence-electron chi connectivity index (χ0n) is 13.0. The average molecular weight is 333 g/mol. The second-order valence-corrected chi connectivity index (χ2v) is 6.52. The van der Waals surface area contributed by atoms with Crippen LogP contribution in [0.3, 0.4) is 0 Å². The summed E-state index contributed by atoms with van der Waals surface area (Å²) in [5.41, 5.74) is 2.05. The molecule has 2 aromatic heterocycles. The number of nitrogens with zero attached hydrogens (tertiary/aromatic N) is 2. The highest BCUT2D eigenvalue weighted by Crippen LogP contribution is 2.36. The minimum atomic E-state index is 0.242. The molecule has 0 aliphatic heterocycles. The van der Waals surface area contributed by atoms with E-state index in [1.54, 1.807) is 23.5 Å². The summed E-state index contributed by atoms with van der Waals surface area (Å²) in [5, 5.41) is 13.7. The van der Waals surface area contributed by atoms with Gasteiger partial charge in [0.2, 0.25) is 0 Å². The highest BCUT2D eigenvalue weighted by atomic mass is 32.1. The number of fused-ring (bicyclic) bond motifs is 1. The molecule has 0 spiro atoms. The number of thiophene rings is 1. The Balaban J connectivity index is 1.80. The molecule has 0 fully saturated rings. The molecule has 2 N–H and O–H groups in total. The lowest BCUT2D eigenvalue weighted by Crippen LogP contribution is -1.97. The normalized spacial score (nSPS) is 10.9. The lowest BCUT2D eigenvalue weighted by molar-refractivity contribution is 0.475. The number of aryl methyl sites for hydroxylation is 1. The Bertz CT molecular complexity index is 994. The first-order chi connectivity index (χ1) is 11.7. The maximum absolute atomic E-state index is 9.42. The molecule has 5 heteroatoms. The molecular formula is C19H15N3OS. The van der Waals surface area contributed by atoms with Crippen LogP contribution in [0.5, 0.6) is 5.75 Å². The van der Waals surface area contributed by atoms with Gasteiger partial charge in [0.1, 0.15) is 22.2 Å². The van der Waals surface area contributed by atoms with E-state index in [1.807, 2.05) is 37.3 Å². The molecule has 2 heterocycles. The first-order valence-corrected chi connectivity index (χ1v) is 8.40. The fraction of sp³-hybridized carbons (Fsp3) is 0.0526. The number of rotatable bonds is 3. The van der Waals surface area contributed by atoms with E-state index >= 15 is 0 Å². The van der Waals surface area contributed by atoms with Gasteiger partial charge in [-0.3, -0.25) is 0 Å². The van der Waals surface area contributed by atoms with Gasteiger partial charge >= 0.3 is 0 Å². The third kappa shape index (κ3) is 2.81. The lowest BCUT2D eigenvalue weighted by atomic mass is 10.2. The average Bonchev–Trinajstić information content (AvgIpc) is 3.02. The summed E-state index contributed by atoms with van der Waals surface area (Å²) in [5.74, 6) is 1.75. The van der Waals surface area contributed by atoms with Crippen LogP contribution in [0.25, 0.3) is 20.7 Å². The summed E-state index contributed by atoms with van der Waals surface area (Å²) in [7, 11) is 0. The molecule has 4 nitrogen and oxygen atoms in total. The van der Waals surface area contributed by atoms with E-state index in [0.29, 0.717) is 0 Å². The van der Waals surface area contributed by atoms with Crippen LogP contribution in [0.2, 0.25) is 0 Å². The van der Waals surface area contributed by atoms with Gasteiger partial charge in [0, 0.05) is 10.6 Å². The summed E-state index contributed by atoms with van der Waals surface area (Å²) in [6, 6.07) is 19.3. The molecule has 0 radical (unpaired) electrons. The molecule has 0 saturated heterocycles. The molecule has 0 bridgehead atoms. The van der Waals surface area contributed by atoms with Crippen LogP contribution in [0.15, 0.2) is 60.7 Å². The van der Waals surface area contributed by atoms with Crippen molar-refractivity contribution in [3.8, 4) is 16.2 Å². The Morgan fingerprint density at radius 1 is 0.958 bits per heavy atom. The summed E-state index contributed by atoms with van der Waals surface area (Å²) in [6.45, 7) is 1.89. The van der Waals surface area contributed by atoms with Crippen molar-refractivity contribution in [3.05, 3.63) is 66.5 Å². The minimum absolute atomic E-state index is 0.242. The molecule has 4 rings (SSSR count). The Morgan fingerprint density at radius 3 is 2.46 bits per heavy atom. The maximum atomic E-state index is 9.42. The predicted octanol–water partition coefficient (Wildman–Crippen LogP) is 5.12. The number of benzene rings is 2. The van der Waals surface area contributed by atoms with Gasteiger partial charge in [-0.15, -0.1) is 11.3 Å². The standard InChI is InChI=1S/C19H15N3OS/c1-12-20-18(22-14-7-9-15(23)10-8-14)16-11-17(24-19(16)21-12)13-5-3-2-4-6-13/h2-11,23H,1H3,(H,20,21,22). The first kappa shape index (κ1) is 14.7. The van der Waals surface area contributed by atoms with Crippen LogP contribution in [0.4, 0.5) is 11.5 Å².